The zero-order valence-corrected chi connectivity index (χ0v) is 25.9. The second kappa shape index (κ2) is 12.8. The number of hydrogen-bond donors (Lipinski definition) is 2. The SMILES string of the molecule is Cc1nc(-c2cc(-c3cc(F)c(CO)c(S(C)(=O)=O)c3)ccc2N=C(CC(=N)C(F)(F)F)C2CC2)c(-c2ccc(OC(F)(F)F)cc2)o1. The average molecular weight is 698 g/mol. The maximum absolute atomic E-state index is 15.1. The van der Waals surface area contributed by atoms with Gasteiger partial charge in [0, 0.05) is 42.0 Å². The Hall–Kier alpha value is -4.57. The molecule has 0 radical (unpaired) electrons. The third-order valence-electron chi connectivity index (χ3n) is 7.39. The number of aryl methyl sites for hydroxylation is 1. The number of benzene rings is 3. The molecule has 0 aliphatic heterocycles. The molecule has 1 fully saturated rings. The van der Waals surface area contributed by atoms with E-state index in [-0.39, 0.29) is 56.9 Å². The first-order valence-corrected chi connectivity index (χ1v) is 16.1. The van der Waals surface area contributed by atoms with Crippen LogP contribution in [0.5, 0.6) is 5.75 Å². The molecule has 1 aliphatic rings. The highest BCUT2D eigenvalue weighted by Crippen LogP contribution is 2.43. The molecule has 0 unspecified atom stereocenters. The smallest absolute Gasteiger partial charge is 0.440 e. The third-order valence-corrected chi connectivity index (χ3v) is 8.56. The quantitative estimate of drug-likeness (QED) is 0.127. The number of aliphatic hydroxyl groups is 1. The van der Waals surface area contributed by atoms with E-state index in [0.717, 1.165) is 24.5 Å². The average Bonchev–Trinajstić information content (AvgIpc) is 3.76. The molecule has 2 N–H and O–H groups in total. The lowest BCUT2D eigenvalue weighted by Gasteiger charge is -2.14. The first-order valence-electron chi connectivity index (χ1n) is 14.2. The molecule has 0 amide bonds. The summed E-state index contributed by atoms with van der Waals surface area (Å²) in [6.07, 6.45) is -8.61. The molecular formula is C32H26F7N3O5S. The Morgan fingerprint density at radius 1 is 1.02 bits per heavy atom. The number of oxazole rings is 1. The van der Waals surface area contributed by atoms with Crippen molar-refractivity contribution in [1.82, 2.24) is 4.98 Å². The molecule has 1 heterocycles. The molecule has 0 bridgehead atoms. The molecule has 0 spiro atoms. The molecule has 1 saturated carbocycles. The van der Waals surface area contributed by atoms with Crippen molar-refractivity contribution in [1.29, 1.82) is 5.41 Å². The molecule has 0 saturated heterocycles. The van der Waals surface area contributed by atoms with Gasteiger partial charge in [-0.2, -0.15) is 13.2 Å². The van der Waals surface area contributed by atoms with Crippen LogP contribution in [0.15, 0.2) is 68.9 Å². The Balaban J connectivity index is 1.71. The maximum atomic E-state index is 15.1. The van der Waals surface area contributed by atoms with Crippen molar-refractivity contribution >= 4 is 26.9 Å². The summed E-state index contributed by atoms with van der Waals surface area (Å²) in [6.45, 7) is 0.598. The van der Waals surface area contributed by atoms with Crippen LogP contribution < -0.4 is 4.74 Å². The fraction of sp³-hybridized carbons (Fsp3) is 0.281. The summed E-state index contributed by atoms with van der Waals surface area (Å²) in [5, 5.41) is 17.2. The topological polar surface area (TPSA) is 126 Å². The van der Waals surface area contributed by atoms with Crippen LogP contribution in [-0.4, -0.2) is 48.7 Å². The molecule has 8 nitrogen and oxygen atoms in total. The summed E-state index contributed by atoms with van der Waals surface area (Å²) in [5.41, 5.74) is -0.952. The molecular weight excluding hydrogens is 671 g/mol. The normalized spacial score (nSPS) is 14.3. The highest BCUT2D eigenvalue weighted by molar-refractivity contribution is 7.90. The molecule has 5 rings (SSSR count). The lowest BCUT2D eigenvalue weighted by molar-refractivity contribution is -0.274. The van der Waals surface area contributed by atoms with Crippen LogP contribution in [0.25, 0.3) is 33.7 Å². The van der Waals surface area contributed by atoms with Crippen LogP contribution in [0.4, 0.5) is 36.4 Å². The molecule has 4 aromatic rings. The van der Waals surface area contributed by atoms with Gasteiger partial charge in [-0.3, -0.25) is 4.99 Å². The van der Waals surface area contributed by atoms with Gasteiger partial charge in [0.05, 0.1) is 17.2 Å². The lowest BCUT2D eigenvalue weighted by Crippen LogP contribution is -2.25. The van der Waals surface area contributed by atoms with Crippen LogP contribution in [-0.2, 0) is 16.4 Å². The van der Waals surface area contributed by atoms with E-state index in [1.54, 1.807) is 0 Å². The van der Waals surface area contributed by atoms with Crippen molar-refractivity contribution in [3.8, 4) is 39.5 Å². The van der Waals surface area contributed by atoms with E-state index in [2.05, 4.69) is 14.7 Å². The van der Waals surface area contributed by atoms with E-state index in [0.29, 0.717) is 12.8 Å². The van der Waals surface area contributed by atoms with Crippen molar-refractivity contribution in [3.05, 3.63) is 71.9 Å². The zero-order chi connectivity index (χ0) is 35.2. The number of sulfone groups is 1. The molecule has 3 aromatic carbocycles. The number of hydrogen-bond acceptors (Lipinski definition) is 8. The minimum Gasteiger partial charge on any atom is -0.440 e. The first kappa shape index (κ1) is 34.8. The highest BCUT2D eigenvalue weighted by Gasteiger charge is 2.38. The minimum absolute atomic E-state index is 0.0503. The van der Waals surface area contributed by atoms with Gasteiger partial charge in [-0.1, -0.05) is 6.07 Å². The Kier molecular flexibility index (Phi) is 9.27. The van der Waals surface area contributed by atoms with Crippen LogP contribution in [0, 0.1) is 24.1 Å². The van der Waals surface area contributed by atoms with Gasteiger partial charge in [-0.25, -0.2) is 17.8 Å². The highest BCUT2D eigenvalue weighted by atomic mass is 32.2. The molecule has 16 heteroatoms. The molecule has 1 aliphatic carbocycles. The number of aliphatic imine (C=N–C) groups is 1. The summed E-state index contributed by atoms with van der Waals surface area (Å²) in [6, 6.07) is 11.1. The number of aromatic nitrogens is 1. The minimum atomic E-state index is -4.93. The van der Waals surface area contributed by atoms with E-state index in [9.17, 15) is 39.9 Å². The van der Waals surface area contributed by atoms with E-state index in [1.165, 1.54) is 43.3 Å². The van der Waals surface area contributed by atoms with Crippen LogP contribution in [0.2, 0.25) is 0 Å². The summed E-state index contributed by atoms with van der Waals surface area (Å²) >= 11 is 0. The fourth-order valence-corrected chi connectivity index (χ4v) is 5.96. The van der Waals surface area contributed by atoms with E-state index >= 15 is 4.39 Å². The molecule has 254 valence electrons. The molecule has 1 aromatic heterocycles. The summed E-state index contributed by atoms with van der Waals surface area (Å²) in [7, 11) is -4.01. The van der Waals surface area contributed by atoms with Crippen LogP contribution in [0.1, 0.15) is 30.7 Å². The van der Waals surface area contributed by atoms with Gasteiger partial charge >= 0.3 is 12.5 Å². The molecule has 48 heavy (non-hydrogen) atoms. The van der Waals surface area contributed by atoms with Gasteiger partial charge in [0.1, 0.15) is 23.0 Å². The zero-order valence-electron chi connectivity index (χ0n) is 25.1. The Bertz CT molecular complexity index is 2020. The maximum Gasteiger partial charge on any atom is 0.573 e. The van der Waals surface area contributed by atoms with E-state index in [4.69, 9.17) is 9.83 Å². The van der Waals surface area contributed by atoms with Gasteiger partial charge in [0.15, 0.2) is 21.5 Å². The number of aliphatic hydroxyl groups excluding tert-OH is 1. The van der Waals surface area contributed by atoms with Crippen molar-refractivity contribution in [2.75, 3.05) is 6.26 Å². The summed E-state index contributed by atoms with van der Waals surface area (Å²) in [4.78, 5) is 8.51. The molecule has 0 atom stereocenters. The van der Waals surface area contributed by atoms with Crippen molar-refractivity contribution < 1.29 is 53.4 Å². The van der Waals surface area contributed by atoms with Gasteiger partial charge in [0.2, 0.25) is 0 Å². The first-order chi connectivity index (χ1) is 22.3. The Morgan fingerprint density at radius 3 is 2.23 bits per heavy atom. The second-order valence-corrected chi connectivity index (χ2v) is 13.1. The lowest BCUT2D eigenvalue weighted by atomic mass is 9.97. The summed E-state index contributed by atoms with van der Waals surface area (Å²) in [5.74, 6) is -1.66. The Morgan fingerprint density at radius 2 is 1.67 bits per heavy atom. The van der Waals surface area contributed by atoms with Crippen molar-refractivity contribution in [2.45, 2.75) is 50.2 Å². The van der Waals surface area contributed by atoms with Crippen LogP contribution >= 0.6 is 0 Å². The number of nitrogens with one attached hydrogen (secondary N) is 1. The number of alkyl halides is 6. The number of rotatable bonds is 10. The van der Waals surface area contributed by atoms with E-state index < -0.39 is 63.1 Å². The number of nitrogens with zero attached hydrogens (tertiary/aromatic N) is 2. The van der Waals surface area contributed by atoms with E-state index in [1.807, 2.05) is 0 Å². The number of ether oxygens (including phenoxy) is 1. The number of halogens is 7. The Labute approximate surface area is 269 Å². The largest absolute Gasteiger partial charge is 0.573 e. The third kappa shape index (κ3) is 7.93. The second-order valence-electron chi connectivity index (χ2n) is 11.1. The standard InChI is InChI=1S/C32H26F7N3O5S/c1-16-41-29(30(46-16)18-5-8-21(9-6-18)47-32(37,38)39)22-11-19(20-12-24(33)23(15-43)27(13-20)48(2,44)45)7-10-25(22)42-26(17-3-4-17)14-28(40)31(34,35)36/h5-13,17,40,43H,3-4,14-15H2,1-2H3. The van der Waals surface area contributed by atoms with Gasteiger partial charge in [-0.15, -0.1) is 13.2 Å². The van der Waals surface area contributed by atoms with Gasteiger partial charge in [-0.05, 0) is 78.4 Å². The fourth-order valence-electron chi connectivity index (χ4n) is 5.01. The van der Waals surface area contributed by atoms with Crippen molar-refractivity contribution in [3.63, 3.8) is 0 Å². The van der Waals surface area contributed by atoms with Gasteiger partial charge in [0.25, 0.3) is 0 Å². The predicted molar refractivity (Wildman–Crippen MR) is 161 cm³/mol. The summed E-state index contributed by atoms with van der Waals surface area (Å²) < 4.78 is 128. The van der Waals surface area contributed by atoms with Crippen molar-refractivity contribution in [2.24, 2.45) is 10.9 Å². The van der Waals surface area contributed by atoms with Crippen LogP contribution in [0.3, 0.4) is 0 Å². The monoisotopic (exact) mass is 697 g/mol. The van der Waals surface area contributed by atoms with Gasteiger partial charge < -0.3 is 19.7 Å². The predicted octanol–water partition coefficient (Wildman–Crippen LogP) is 8.37.